The predicted octanol–water partition coefficient (Wildman–Crippen LogP) is 3.35. The Morgan fingerprint density at radius 1 is 1.33 bits per heavy atom. The summed E-state index contributed by atoms with van der Waals surface area (Å²) in [6.45, 7) is 0.313. The molecule has 10 heteroatoms. The largest absolute Gasteiger partial charge is 0.471 e. The maximum absolute atomic E-state index is 12.4. The number of aromatic nitrogens is 2. The van der Waals surface area contributed by atoms with E-state index in [0.717, 1.165) is 5.56 Å². The first-order valence-corrected chi connectivity index (χ1v) is 7.38. The van der Waals surface area contributed by atoms with E-state index in [4.69, 9.17) is 4.84 Å². The summed E-state index contributed by atoms with van der Waals surface area (Å²) in [5.74, 6) is -1.53. The fraction of sp³-hybridized carbons (Fsp3) is 0.273. The van der Waals surface area contributed by atoms with Crippen LogP contribution in [0.25, 0.3) is 11.4 Å². The molecular weight excluding hydrogens is 406 g/mol. The minimum atomic E-state index is -4.66. The van der Waals surface area contributed by atoms with Crippen LogP contribution in [0.5, 0.6) is 0 Å². The summed E-state index contributed by atoms with van der Waals surface area (Å²) < 4.78 is 53.4. The van der Waals surface area contributed by atoms with Crippen LogP contribution in [0.1, 0.15) is 11.5 Å². The third kappa shape index (κ3) is 4.04. The van der Waals surface area contributed by atoms with E-state index in [0.29, 0.717) is 12.1 Å². The minimum absolute atomic E-state index is 0.145. The fourth-order valence-electron chi connectivity index (χ4n) is 1.48. The van der Waals surface area contributed by atoms with Gasteiger partial charge in [0.1, 0.15) is 0 Å². The molecule has 0 amide bonds. The standard InChI is InChI=1S/C11H9F3IN3O3/c1-20-18(15-19)6-7-2-4-8(5-3-7)9-16-10(21-17-9)11(12,13)14/h2-5H,6H2,1H3. The third-order valence-electron chi connectivity index (χ3n) is 2.46. The SMILES string of the molecule is CON(Cc1ccc(-c2noc(C(F)(F)F)n2)cc1)I=O. The van der Waals surface area contributed by atoms with E-state index in [1.165, 1.54) is 10.4 Å². The van der Waals surface area contributed by atoms with Gasteiger partial charge in [0, 0.05) is 5.56 Å². The highest BCUT2D eigenvalue weighted by Gasteiger charge is 2.38. The highest BCUT2D eigenvalue weighted by Crippen LogP contribution is 2.29. The summed E-state index contributed by atoms with van der Waals surface area (Å²) in [5.41, 5.74) is 1.18. The Morgan fingerprint density at radius 3 is 2.48 bits per heavy atom. The summed E-state index contributed by atoms with van der Waals surface area (Å²) in [6.07, 6.45) is -4.66. The Balaban J connectivity index is 2.15. The van der Waals surface area contributed by atoms with Gasteiger partial charge < -0.3 is 4.52 Å². The molecule has 2 rings (SSSR count). The Bertz CT molecular complexity index is 615. The van der Waals surface area contributed by atoms with E-state index in [-0.39, 0.29) is 5.82 Å². The lowest BCUT2D eigenvalue weighted by Gasteiger charge is -2.10. The van der Waals surface area contributed by atoms with Gasteiger partial charge in [-0.2, -0.15) is 18.2 Å². The maximum atomic E-state index is 12.4. The zero-order valence-electron chi connectivity index (χ0n) is 10.6. The van der Waals surface area contributed by atoms with Crippen molar-refractivity contribution in [3.63, 3.8) is 0 Å². The van der Waals surface area contributed by atoms with E-state index in [1.807, 2.05) is 0 Å². The van der Waals surface area contributed by atoms with Crippen LogP contribution in [0.15, 0.2) is 28.8 Å². The minimum Gasteiger partial charge on any atom is -0.329 e. The molecule has 6 nitrogen and oxygen atoms in total. The van der Waals surface area contributed by atoms with Crippen LogP contribution in [0.3, 0.4) is 0 Å². The number of rotatable bonds is 5. The van der Waals surface area contributed by atoms with Crippen molar-refractivity contribution in [3.05, 3.63) is 35.7 Å². The van der Waals surface area contributed by atoms with Crippen LogP contribution in [-0.2, 0) is 20.6 Å². The average Bonchev–Trinajstić information content (AvgIpc) is 2.95. The molecule has 0 bridgehead atoms. The molecule has 0 N–H and O–H groups in total. The Hall–Kier alpha value is -1.40. The summed E-state index contributed by atoms with van der Waals surface area (Å²) in [4.78, 5) is 8.16. The number of hydroxylamine groups is 1. The van der Waals surface area contributed by atoms with E-state index >= 15 is 0 Å². The van der Waals surface area contributed by atoms with Gasteiger partial charge in [0.05, 0.1) is 13.7 Å². The van der Waals surface area contributed by atoms with Gasteiger partial charge in [-0.05, 0) is 5.56 Å². The van der Waals surface area contributed by atoms with Crippen LogP contribution in [0.4, 0.5) is 13.2 Å². The molecule has 1 heterocycles. The van der Waals surface area contributed by atoms with E-state index in [2.05, 4.69) is 14.7 Å². The van der Waals surface area contributed by atoms with Gasteiger partial charge in [-0.1, -0.05) is 32.7 Å². The number of hydrogen-bond acceptors (Lipinski definition) is 5. The van der Waals surface area contributed by atoms with Gasteiger partial charge in [0.15, 0.2) is 0 Å². The highest BCUT2D eigenvalue weighted by molar-refractivity contribution is 14.1. The molecule has 0 spiro atoms. The molecule has 0 fully saturated rings. The van der Waals surface area contributed by atoms with Gasteiger partial charge >= 0.3 is 12.1 Å². The quantitative estimate of drug-likeness (QED) is 0.424. The number of hydrogen-bond donors (Lipinski definition) is 0. The first kappa shape index (κ1) is 16.0. The van der Waals surface area contributed by atoms with E-state index in [9.17, 15) is 16.2 Å². The Labute approximate surface area is 127 Å². The number of nitrogens with zero attached hydrogens (tertiary/aromatic N) is 3. The molecule has 2 aromatic rings. The number of benzene rings is 1. The van der Waals surface area contributed by atoms with Gasteiger partial charge in [-0.25, -0.2) is 3.07 Å². The zero-order valence-corrected chi connectivity index (χ0v) is 12.8. The van der Waals surface area contributed by atoms with Crippen LogP contribution >= 0.6 is 21.5 Å². The topological polar surface area (TPSA) is 68.5 Å². The van der Waals surface area contributed by atoms with Crippen LogP contribution in [0, 0.1) is 0 Å². The molecule has 0 atom stereocenters. The fourth-order valence-corrected chi connectivity index (χ4v) is 2.17. The molecule has 0 saturated heterocycles. The van der Waals surface area contributed by atoms with Crippen molar-refractivity contribution in [2.75, 3.05) is 7.11 Å². The molecule has 0 aliphatic rings. The monoisotopic (exact) mass is 415 g/mol. The second-order valence-corrected chi connectivity index (χ2v) is 5.32. The van der Waals surface area contributed by atoms with Crippen LogP contribution < -0.4 is 0 Å². The van der Waals surface area contributed by atoms with Crippen LogP contribution in [-0.4, -0.2) is 20.5 Å². The van der Waals surface area contributed by atoms with Crippen molar-refractivity contribution in [1.29, 1.82) is 0 Å². The predicted molar refractivity (Wildman–Crippen MR) is 72.0 cm³/mol. The van der Waals surface area contributed by atoms with Crippen molar-refractivity contribution in [2.24, 2.45) is 0 Å². The molecule has 1 aromatic carbocycles. The van der Waals surface area contributed by atoms with E-state index in [1.54, 1.807) is 24.3 Å². The number of halogens is 4. The average molecular weight is 415 g/mol. The lowest BCUT2D eigenvalue weighted by atomic mass is 10.1. The summed E-state index contributed by atoms with van der Waals surface area (Å²) >= 11 is -1.45. The van der Waals surface area contributed by atoms with Crippen molar-refractivity contribution >= 4 is 21.5 Å². The second-order valence-electron chi connectivity index (χ2n) is 3.85. The lowest BCUT2D eigenvalue weighted by molar-refractivity contribution is -0.159. The van der Waals surface area contributed by atoms with Gasteiger partial charge in [0.25, 0.3) is 21.5 Å². The van der Waals surface area contributed by atoms with Gasteiger partial charge in [-0.3, -0.25) is 4.84 Å². The van der Waals surface area contributed by atoms with Crippen molar-refractivity contribution < 1.29 is 25.6 Å². The molecule has 21 heavy (non-hydrogen) atoms. The van der Waals surface area contributed by atoms with Crippen LogP contribution in [0.2, 0.25) is 0 Å². The summed E-state index contributed by atoms with van der Waals surface area (Å²) in [6, 6.07) is 6.42. The molecule has 0 aliphatic carbocycles. The maximum Gasteiger partial charge on any atom is 0.471 e. The Kier molecular flexibility index (Phi) is 5.00. The van der Waals surface area contributed by atoms with Gasteiger partial charge in [-0.15, -0.1) is 0 Å². The second kappa shape index (κ2) is 6.58. The smallest absolute Gasteiger partial charge is 0.329 e. The first-order chi connectivity index (χ1) is 9.94. The molecule has 0 saturated carbocycles. The molecular formula is C11H9F3IN3O3. The van der Waals surface area contributed by atoms with Crippen molar-refractivity contribution in [3.8, 4) is 11.4 Å². The molecule has 0 radical (unpaired) electrons. The van der Waals surface area contributed by atoms with Crippen molar-refractivity contribution in [1.82, 2.24) is 13.4 Å². The zero-order chi connectivity index (χ0) is 15.5. The molecule has 1 aromatic heterocycles. The Morgan fingerprint density at radius 2 is 2.00 bits per heavy atom. The molecule has 0 aliphatic heterocycles. The highest BCUT2D eigenvalue weighted by atomic mass is 127. The third-order valence-corrected chi connectivity index (χ3v) is 3.64. The molecule has 0 unspecified atom stereocenters. The first-order valence-electron chi connectivity index (χ1n) is 5.53. The normalized spacial score (nSPS) is 12.0. The number of alkyl halides is 3. The lowest BCUT2D eigenvalue weighted by Crippen LogP contribution is -2.09. The van der Waals surface area contributed by atoms with Crippen molar-refractivity contribution in [2.45, 2.75) is 12.7 Å². The summed E-state index contributed by atoms with van der Waals surface area (Å²) in [7, 11) is 1.41. The van der Waals surface area contributed by atoms with E-state index < -0.39 is 33.5 Å². The molecule has 114 valence electrons. The summed E-state index contributed by atoms with van der Waals surface area (Å²) in [5, 5.41) is 3.29. The van der Waals surface area contributed by atoms with Gasteiger partial charge in [0.2, 0.25) is 5.82 Å².